The molecule has 24 heavy (non-hydrogen) atoms. The molecule has 3 rings (SSSR count). The van der Waals surface area contributed by atoms with Gasteiger partial charge in [0.1, 0.15) is 0 Å². The molecule has 1 heterocycles. The predicted octanol–water partition coefficient (Wildman–Crippen LogP) is 3.17. The van der Waals surface area contributed by atoms with Crippen LogP contribution in [0.3, 0.4) is 0 Å². The molecule has 0 bridgehead atoms. The topological polar surface area (TPSA) is 82.0 Å². The fourth-order valence-electron chi connectivity index (χ4n) is 2.38. The van der Waals surface area contributed by atoms with Gasteiger partial charge in [-0.3, -0.25) is 9.59 Å². The summed E-state index contributed by atoms with van der Waals surface area (Å²) < 4.78 is 0. The van der Waals surface area contributed by atoms with Gasteiger partial charge in [-0.05, 0) is 48.9 Å². The molecule has 0 saturated carbocycles. The number of amides is 2. The molecule has 1 aliphatic rings. The van der Waals surface area contributed by atoms with E-state index < -0.39 is 0 Å². The summed E-state index contributed by atoms with van der Waals surface area (Å²) in [6.45, 7) is 1.86. The maximum absolute atomic E-state index is 12.2. The average Bonchev–Trinajstić information content (AvgIpc) is 2.57. The summed E-state index contributed by atoms with van der Waals surface area (Å²) in [6, 6.07) is 14.4. The Kier molecular flexibility index (Phi) is 4.54. The smallest absolute Gasteiger partial charge is 0.237 e. The lowest BCUT2D eigenvalue weighted by atomic mass is 10.1. The minimum atomic E-state index is -0.150. The van der Waals surface area contributed by atoms with E-state index in [9.17, 15) is 9.59 Å². The van der Waals surface area contributed by atoms with Crippen molar-refractivity contribution in [3.63, 3.8) is 0 Å². The summed E-state index contributed by atoms with van der Waals surface area (Å²) in [4.78, 5) is 24.9. The number of nitrogens with one attached hydrogen (secondary N) is 2. The van der Waals surface area contributed by atoms with Crippen LogP contribution in [-0.2, 0) is 16.0 Å². The molecule has 1 unspecified atom stereocenters. The van der Waals surface area contributed by atoms with Crippen LogP contribution in [0.1, 0.15) is 18.1 Å². The number of nitriles is 1. The molecular formula is C18H15N3O2S. The number of carbonyl (C=O) groups excluding carboxylic acids is 2. The summed E-state index contributed by atoms with van der Waals surface area (Å²) in [6.07, 6.45) is 0.212. The summed E-state index contributed by atoms with van der Waals surface area (Å²) in [5.41, 5.74) is 2.78. The second kappa shape index (κ2) is 6.77. The maximum Gasteiger partial charge on any atom is 0.237 e. The molecule has 0 aliphatic carbocycles. The van der Waals surface area contributed by atoms with Gasteiger partial charge >= 0.3 is 0 Å². The van der Waals surface area contributed by atoms with Crippen LogP contribution < -0.4 is 10.6 Å². The van der Waals surface area contributed by atoms with E-state index in [1.165, 1.54) is 11.8 Å². The zero-order chi connectivity index (χ0) is 17.1. The summed E-state index contributed by atoms with van der Waals surface area (Å²) in [5.74, 6) is -0.172. The van der Waals surface area contributed by atoms with Crippen LogP contribution in [0.15, 0.2) is 47.4 Å². The van der Waals surface area contributed by atoms with Gasteiger partial charge in [0.2, 0.25) is 11.8 Å². The van der Waals surface area contributed by atoms with E-state index in [1.807, 2.05) is 31.2 Å². The van der Waals surface area contributed by atoms with Crippen LogP contribution in [0.25, 0.3) is 0 Å². The number of carbonyl (C=O) groups is 2. The van der Waals surface area contributed by atoms with Crippen molar-refractivity contribution >= 4 is 35.0 Å². The standard InChI is InChI=1S/C18H15N3O2S/c1-11-18(23)21-15-8-13(4-7-16(15)24-11)9-17(22)20-14-5-2-12(10-19)3-6-14/h2-8,11H,9H2,1H3,(H,20,22)(H,21,23). The molecule has 0 fully saturated rings. The highest BCUT2D eigenvalue weighted by molar-refractivity contribution is 8.00. The Labute approximate surface area is 144 Å². The van der Waals surface area contributed by atoms with Crippen LogP contribution in [0.2, 0.25) is 0 Å². The van der Waals surface area contributed by atoms with E-state index in [0.29, 0.717) is 11.3 Å². The van der Waals surface area contributed by atoms with Crippen molar-refractivity contribution in [3.05, 3.63) is 53.6 Å². The normalized spacial score (nSPS) is 15.8. The molecule has 2 aromatic carbocycles. The Morgan fingerprint density at radius 2 is 2.04 bits per heavy atom. The molecule has 2 aromatic rings. The van der Waals surface area contributed by atoms with Gasteiger partial charge in [-0.2, -0.15) is 5.26 Å². The summed E-state index contributed by atoms with van der Waals surface area (Å²) in [5, 5.41) is 14.3. The first-order valence-electron chi connectivity index (χ1n) is 7.45. The second-order valence-electron chi connectivity index (χ2n) is 5.49. The van der Waals surface area contributed by atoms with Crippen molar-refractivity contribution in [2.45, 2.75) is 23.5 Å². The third-order valence-corrected chi connectivity index (χ3v) is 4.81. The SMILES string of the molecule is CC1Sc2ccc(CC(=O)Nc3ccc(C#N)cc3)cc2NC1=O. The van der Waals surface area contributed by atoms with Crippen LogP contribution >= 0.6 is 11.8 Å². The third kappa shape index (κ3) is 3.58. The molecule has 5 nitrogen and oxygen atoms in total. The first-order chi connectivity index (χ1) is 11.5. The Balaban J connectivity index is 1.67. The van der Waals surface area contributed by atoms with Crippen molar-refractivity contribution in [2.75, 3.05) is 10.6 Å². The van der Waals surface area contributed by atoms with Crippen LogP contribution in [0.5, 0.6) is 0 Å². The van der Waals surface area contributed by atoms with Gasteiger partial charge in [0.05, 0.1) is 29.0 Å². The van der Waals surface area contributed by atoms with Crippen LogP contribution in [-0.4, -0.2) is 17.1 Å². The largest absolute Gasteiger partial charge is 0.326 e. The van der Waals surface area contributed by atoms with E-state index in [0.717, 1.165) is 16.1 Å². The van der Waals surface area contributed by atoms with Gasteiger partial charge < -0.3 is 10.6 Å². The van der Waals surface area contributed by atoms with Gasteiger partial charge in [-0.25, -0.2) is 0 Å². The molecule has 120 valence electrons. The van der Waals surface area contributed by atoms with E-state index >= 15 is 0 Å². The zero-order valence-electron chi connectivity index (χ0n) is 13.0. The van der Waals surface area contributed by atoms with Crippen LogP contribution in [0, 0.1) is 11.3 Å². The number of rotatable bonds is 3. The van der Waals surface area contributed by atoms with Crippen molar-refractivity contribution < 1.29 is 9.59 Å². The number of anilines is 2. The molecule has 0 saturated heterocycles. The minimum Gasteiger partial charge on any atom is -0.326 e. The predicted molar refractivity (Wildman–Crippen MR) is 93.9 cm³/mol. The highest BCUT2D eigenvalue weighted by Gasteiger charge is 2.23. The number of hydrogen-bond acceptors (Lipinski definition) is 4. The lowest BCUT2D eigenvalue weighted by Crippen LogP contribution is -2.26. The first kappa shape index (κ1) is 16.1. The molecular weight excluding hydrogens is 322 g/mol. The third-order valence-electron chi connectivity index (χ3n) is 3.64. The monoisotopic (exact) mass is 337 g/mol. The second-order valence-corrected chi connectivity index (χ2v) is 6.88. The summed E-state index contributed by atoms with van der Waals surface area (Å²) >= 11 is 1.51. The average molecular weight is 337 g/mol. The Morgan fingerprint density at radius 3 is 2.75 bits per heavy atom. The highest BCUT2D eigenvalue weighted by Crippen LogP contribution is 2.36. The molecule has 1 aliphatic heterocycles. The quantitative estimate of drug-likeness (QED) is 0.901. The van der Waals surface area contributed by atoms with E-state index in [-0.39, 0.29) is 23.5 Å². The summed E-state index contributed by atoms with van der Waals surface area (Å²) in [7, 11) is 0. The van der Waals surface area contributed by atoms with Gasteiger partial charge in [0.25, 0.3) is 0 Å². The van der Waals surface area contributed by atoms with Gasteiger partial charge in [0.15, 0.2) is 0 Å². The van der Waals surface area contributed by atoms with E-state index in [1.54, 1.807) is 24.3 Å². The number of nitrogens with zero attached hydrogens (tertiary/aromatic N) is 1. The molecule has 0 aromatic heterocycles. The highest BCUT2D eigenvalue weighted by atomic mass is 32.2. The number of hydrogen-bond donors (Lipinski definition) is 2. The molecule has 6 heteroatoms. The minimum absolute atomic E-state index is 0.0216. The molecule has 0 spiro atoms. The number of thioether (sulfide) groups is 1. The number of fused-ring (bicyclic) bond motifs is 1. The van der Waals surface area contributed by atoms with Gasteiger partial charge in [-0.15, -0.1) is 11.8 Å². The van der Waals surface area contributed by atoms with Crippen molar-refractivity contribution in [1.29, 1.82) is 5.26 Å². The molecule has 0 radical (unpaired) electrons. The van der Waals surface area contributed by atoms with Crippen LogP contribution in [0.4, 0.5) is 11.4 Å². The number of benzene rings is 2. The van der Waals surface area contributed by atoms with Gasteiger partial charge in [0, 0.05) is 10.6 Å². The lowest BCUT2D eigenvalue weighted by molar-refractivity contribution is -0.116. The zero-order valence-corrected chi connectivity index (χ0v) is 13.8. The van der Waals surface area contributed by atoms with E-state index in [4.69, 9.17) is 5.26 Å². The molecule has 2 N–H and O–H groups in total. The maximum atomic E-state index is 12.2. The fourth-order valence-corrected chi connectivity index (χ4v) is 3.31. The van der Waals surface area contributed by atoms with E-state index in [2.05, 4.69) is 10.6 Å². The fraction of sp³-hybridized carbons (Fsp3) is 0.167. The Bertz CT molecular complexity index is 840. The Morgan fingerprint density at radius 1 is 1.29 bits per heavy atom. The van der Waals surface area contributed by atoms with Gasteiger partial charge in [-0.1, -0.05) is 6.07 Å². The van der Waals surface area contributed by atoms with Crippen molar-refractivity contribution in [3.8, 4) is 6.07 Å². The first-order valence-corrected chi connectivity index (χ1v) is 8.33. The van der Waals surface area contributed by atoms with Crippen molar-refractivity contribution in [1.82, 2.24) is 0 Å². The molecule has 1 atom stereocenters. The Hall–Kier alpha value is -2.78. The molecule has 2 amide bonds. The van der Waals surface area contributed by atoms with Crippen molar-refractivity contribution in [2.24, 2.45) is 0 Å². The lowest BCUT2D eigenvalue weighted by Gasteiger charge is -2.21.